The van der Waals surface area contributed by atoms with Gasteiger partial charge in [-0.1, -0.05) is 42.5 Å². The van der Waals surface area contributed by atoms with Crippen molar-refractivity contribution >= 4 is 28.6 Å². The number of rotatable bonds is 3. The van der Waals surface area contributed by atoms with Crippen LogP contribution in [0.1, 0.15) is 10.4 Å². The lowest BCUT2D eigenvalue weighted by Gasteiger charge is -2.15. The Morgan fingerprint density at radius 1 is 0.933 bits per heavy atom. The minimum atomic E-state index is -1.42. The number of carboxylic acid groups (broad SMARTS) is 1. The zero-order valence-electron chi connectivity index (χ0n) is 15.5. The van der Waals surface area contributed by atoms with Crippen molar-refractivity contribution in [1.82, 2.24) is 4.57 Å². The van der Waals surface area contributed by atoms with Crippen molar-refractivity contribution < 1.29 is 19.1 Å². The number of fused-ring (bicyclic) bond motifs is 1. The molecular formula is C23H15FN2O4. The van der Waals surface area contributed by atoms with Crippen LogP contribution in [-0.4, -0.2) is 21.7 Å². The molecular weight excluding hydrogens is 387 g/mol. The highest BCUT2D eigenvalue weighted by atomic mass is 19.1. The van der Waals surface area contributed by atoms with Gasteiger partial charge in [0.05, 0.1) is 11.2 Å². The van der Waals surface area contributed by atoms with E-state index in [0.717, 1.165) is 10.8 Å². The van der Waals surface area contributed by atoms with Gasteiger partial charge in [0.15, 0.2) is 0 Å². The summed E-state index contributed by atoms with van der Waals surface area (Å²) in [5, 5.41) is 12.2. The molecule has 3 aromatic carbocycles. The minimum Gasteiger partial charge on any atom is -0.477 e. The van der Waals surface area contributed by atoms with Crippen molar-refractivity contribution in [3.05, 3.63) is 101 Å². The van der Waals surface area contributed by atoms with Gasteiger partial charge in [-0.05, 0) is 35.9 Å². The van der Waals surface area contributed by atoms with Crippen LogP contribution in [-0.2, 0) is 0 Å². The third-order valence-electron chi connectivity index (χ3n) is 4.66. The molecule has 0 atom stereocenters. The van der Waals surface area contributed by atoms with Gasteiger partial charge in [-0.2, -0.15) is 0 Å². The maximum absolute atomic E-state index is 13.7. The number of para-hydroxylation sites is 2. The van der Waals surface area contributed by atoms with Crippen LogP contribution in [0.5, 0.6) is 0 Å². The molecule has 0 aliphatic heterocycles. The first-order valence-electron chi connectivity index (χ1n) is 9.00. The van der Waals surface area contributed by atoms with Crippen LogP contribution < -0.4 is 10.7 Å². The Morgan fingerprint density at radius 2 is 1.67 bits per heavy atom. The van der Waals surface area contributed by atoms with E-state index in [0.29, 0.717) is 16.8 Å². The van der Waals surface area contributed by atoms with Gasteiger partial charge in [0.1, 0.15) is 11.4 Å². The number of carboxylic acids is 1. The smallest absolute Gasteiger partial charge is 0.341 e. The number of anilines is 1. The number of nitrogens with zero attached hydrogens (tertiary/aromatic N) is 1. The number of hydrogen-bond acceptors (Lipinski definition) is 3. The lowest BCUT2D eigenvalue weighted by atomic mass is 10.0. The van der Waals surface area contributed by atoms with Crippen LogP contribution in [0.2, 0.25) is 0 Å². The standard InChI is InChI=1S/C23H15FN2O4/c24-15-7-5-6-14(12-15)16-8-1-3-10-19(16)25-23(30)26-13-18(22(28)29)21(27)17-9-2-4-11-20(17)26/h1-13H,(H,25,30)(H,28,29). The number of carbonyl (C=O) groups is 2. The lowest BCUT2D eigenvalue weighted by molar-refractivity contribution is 0.0695. The van der Waals surface area contributed by atoms with E-state index in [9.17, 15) is 23.9 Å². The fraction of sp³-hybridized carbons (Fsp3) is 0. The third kappa shape index (κ3) is 3.44. The van der Waals surface area contributed by atoms with Crippen LogP contribution in [0.25, 0.3) is 22.0 Å². The Hall–Kier alpha value is -4.26. The molecule has 148 valence electrons. The highest BCUT2D eigenvalue weighted by Gasteiger charge is 2.18. The molecule has 0 aliphatic rings. The average molecular weight is 402 g/mol. The van der Waals surface area contributed by atoms with E-state index in [4.69, 9.17) is 0 Å². The van der Waals surface area contributed by atoms with E-state index in [1.165, 1.54) is 18.2 Å². The number of benzene rings is 3. The number of hydrogen-bond donors (Lipinski definition) is 2. The van der Waals surface area contributed by atoms with E-state index in [-0.39, 0.29) is 10.9 Å². The molecule has 0 bridgehead atoms. The van der Waals surface area contributed by atoms with E-state index >= 15 is 0 Å². The predicted molar refractivity (Wildman–Crippen MR) is 111 cm³/mol. The first kappa shape index (κ1) is 19.1. The molecule has 1 heterocycles. The fourth-order valence-electron chi connectivity index (χ4n) is 3.27. The maximum atomic E-state index is 13.7. The molecule has 6 nitrogen and oxygen atoms in total. The van der Waals surface area contributed by atoms with Crippen molar-refractivity contribution in [3.8, 4) is 11.1 Å². The summed E-state index contributed by atoms with van der Waals surface area (Å²) >= 11 is 0. The molecule has 0 radical (unpaired) electrons. The summed E-state index contributed by atoms with van der Waals surface area (Å²) < 4.78 is 14.8. The molecule has 0 saturated heterocycles. The number of nitrogens with one attached hydrogen (secondary N) is 1. The zero-order valence-corrected chi connectivity index (χ0v) is 15.5. The molecule has 4 aromatic rings. The van der Waals surface area contributed by atoms with E-state index < -0.39 is 28.8 Å². The SMILES string of the molecule is O=C(O)c1cn(C(=O)Nc2ccccc2-c2cccc(F)c2)c2ccccc2c1=O. The van der Waals surface area contributed by atoms with Crippen molar-refractivity contribution in [2.24, 2.45) is 0 Å². The van der Waals surface area contributed by atoms with E-state index in [1.54, 1.807) is 54.6 Å². The van der Waals surface area contributed by atoms with Crippen molar-refractivity contribution in [3.63, 3.8) is 0 Å². The first-order valence-corrected chi connectivity index (χ1v) is 9.00. The first-order chi connectivity index (χ1) is 14.5. The number of aromatic carboxylic acids is 1. The summed E-state index contributed by atoms with van der Waals surface area (Å²) in [5.41, 5.74) is 0.668. The van der Waals surface area contributed by atoms with Crippen molar-refractivity contribution in [2.75, 3.05) is 5.32 Å². The second kappa shape index (κ2) is 7.63. The number of pyridine rings is 1. The Morgan fingerprint density at radius 3 is 2.43 bits per heavy atom. The second-order valence-corrected chi connectivity index (χ2v) is 6.55. The maximum Gasteiger partial charge on any atom is 0.341 e. The van der Waals surface area contributed by atoms with Gasteiger partial charge in [0, 0.05) is 17.1 Å². The molecule has 2 N–H and O–H groups in total. The zero-order chi connectivity index (χ0) is 21.3. The Labute approximate surface area is 169 Å². The van der Waals surface area contributed by atoms with Gasteiger partial charge in [-0.25, -0.2) is 14.0 Å². The predicted octanol–water partition coefficient (Wildman–Crippen LogP) is 4.59. The minimum absolute atomic E-state index is 0.117. The molecule has 1 amide bonds. The summed E-state index contributed by atoms with van der Waals surface area (Å²) in [5.74, 6) is -1.83. The Balaban J connectivity index is 1.82. The largest absolute Gasteiger partial charge is 0.477 e. The quantitative estimate of drug-likeness (QED) is 0.525. The molecule has 0 unspecified atom stereocenters. The molecule has 30 heavy (non-hydrogen) atoms. The third-order valence-corrected chi connectivity index (χ3v) is 4.66. The van der Waals surface area contributed by atoms with E-state index in [2.05, 4.69) is 5.32 Å². The van der Waals surface area contributed by atoms with Crippen molar-refractivity contribution in [2.45, 2.75) is 0 Å². The van der Waals surface area contributed by atoms with Gasteiger partial charge < -0.3 is 10.4 Å². The van der Waals surface area contributed by atoms with Gasteiger partial charge in [-0.15, -0.1) is 0 Å². The second-order valence-electron chi connectivity index (χ2n) is 6.55. The van der Waals surface area contributed by atoms with Gasteiger partial charge in [0.25, 0.3) is 0 Å². The summed E-state index contributed by atoms with van der Waals surface area (Å²) in [7, 11) is 0. The van der Waals surface area contributed by atoms with Crippen LogP contribution >= 0.6 is 0 Å². The topological polar surface area (TPSA) is 88.4 Å². The summed E-state index contributed by atoms with van der Waals surface area (Å²) in [6.07, 6.45) is 1.01. The number of amides is 1. The molecule has 0 spiro atoms. The monoisotopic (exact) mass is 402 g/mol. The highest BCUT2D eigenvalue weighted by Crippen LogP contribution is 2.28. The highest BCUT2D eigenvalue weighted by molar-refractivity contribution is 6.02. The van der Waals surface area contributed by atoms with Crippen LogP contribution in [0.15, 0.2) is 83.8 Å². The van der Waals surface area contributed by atoms with Crippen molar-refractivity contribution in [1.29, 1.82) is 0 Å². The summed E-state index contributed by atoms with van der Waals surface area (Å²) in [6.45, 7) is 0. The molecule has 4 rings (SSSR count). The molecule has 7 heteroatoms. The van der Waals surface area contributed by atoms with Gasteiger partial charge in [0.2, 0.25) is 5.43 Å². The average Bonchev–Trinajstić information content (AvgIpc) is 2.74. The van der Waals surface area contributed by atoms with E-state index in [1.807, 2.05) is 0 Å². The number of carbonyl (C=O) groups excluding carboxylic acids is 1. The number of halogens is 1. The Kier molecular flexibility index (Phi) is 4.85. The van der Waals surface area contributed by atoms with Gasteiger partial charge in [-0.3, -0.25) is 9.36 Å². The van der Waals surface area contributed by atoms with Crippen LogP contribution in [0.3, 0.4) is 0 Å². The summed E-state index contributed by atoms with van der Waals surface area (Å²) in [6, 6.07) is 18.4. The van der Waals surface area contributed by atoms with Crippen LogP contribution in [0, 0.1) is 5.82 Å². The van der Waals surface area contributed by atoms with Gasteiger partial charge >= 0.3 is 12.0 Å². The molecule has 1 aromatic heterocycles. The normalized spacial score (nSPS) is 10.7. The molecule has 0 saturated carbocycles. The fourth-order valence-corrected chi connectivity index (χ4v) is 3.27. The van der Waals surface area contributed by atoms with Crippen LogP contribution in [0.4, 0.5) is 14.9 Å². The Bertz CT molecular complexity index is 1360. The molecule has 0 aliphatic carbocycles. The lowest BCUT2D eigenvalue weighted by Crippen LogP contribution is -2.25. The summed E-state index contributed by atoms with van der Waals surface area (Å²) in [4.78, 5) is 36.9. The number of aromatic nitrogens is 1. The molecule has 0 fully saturated rings.